The van der Waals surface area contributed by atoms with Crippen LogP contribution in [-0.4, -0.2) is 77.0 Å². The van der Waals surface area contributed by atoms with Gasteiger partial charge in [-0.15, -0.1) is 12.3 Å². The number of benzene rings is 2. The summed E-state index contributed by atoms with van der Waals surface area (Å²) in [4.78, 5) is 43.2. The first-order valence-corrected chi connectivity index (χ1v) is 15.4. The first kappa shape index (κ1) is 30.6. The van der Waals surface area contributed by atoms with E-state index in [9.17, 15) is 19.5 Å². The summed E-state index contributed by atoms with van der Waals surface area (Å²) in [5.41, 5.74) is 0.736. The van der Waals surface area contributed by atoms with Crippen LogP contribution >= 0.6 is 0 Å². The Balaban J connectivity index is 1.19. The number of aliphatic hydroxyl groups is 1. The Morgan fingerprint density at radius 2 is 1.70 bits per heavy atom. The molecule has 1 saturated carbocycles. The lowest BCUT2D eigenvalue weighted by Crippen LogP contribution is -2.75. The molecule has 1 spiro atoms. The lowest BCUT2D eigenvalue weighted by molar-refractivity contribution is -0.165. The van der Waals surface area contributed by atoms with Gasteiger partial charge in [0, 0.05) is 45.2 Å². The fourth-order valence-corrected chi connectivity index (χ4v) is 6.77. The van der Waals surface area contributed by atoms with Crippen LogP contribution in [0.3, 0.4) is 0 Å². The minimum absolute atomic E-state index is 0.0275. The lowest BCUT2D eigenvalue weighted by atomic mass is 9.78. The molecule has 2 atom stereocenters. The molecule has 9 heteroatoms. The summed E-state index contributed by atoms with van der Waals surface area (Å²) in [5, 5.41) is 16.7. The summed E-state index contributed by atoms with van der Waals surface area (Å²) in [6.07, 6.45) is 11.1. The monoisotopic (exact) mass is 586 g/mol. The SMILES string of the molecule is C#CCCN1C(=O)[C@@H]([C@H](O)C2CCCCC2)NC(=O)C12CCN(Cc1ccc(Oc3ccc(C(=O)NC)cc3)cc1)CC2. The number of piperidine rings is 1. The third-order valence-corrected chi connectivity index (χ3v) is 9.30. The molecule has 3 N–H and O–H groups in total. The van der Waals surface area contributed by atoms with E-state index >= 15 is 0 Å². The highest BCUT2D eigenvalue weighted by atomic mass is 16.5. The van der Waals surface area contributed by atoms with Crippen LogP contribution in [-0.2, 0) is 16.1 Å². The molecule has 0 unspecified atom stereocenters. The zero-order valence-corrected chi connectivity index (χ0v) is 24.9. The molecule has 5 rings (SSSR count). The fourth-order valence-electron chi connectivity index (χ4n) is 6.77. The number of terminal acetylenes is 1. The van der Waals surface area contributed by atoms with Crippen LogP contribution in [0.1, 0.15) is 67.3 Å². The van der Waals surface area contributed by atoms with Gasteiger partial charge in [-0.25, -0.2) is 0 Å². The Morgan fingerprint density at radius 1 is 1.07 bits per heavy atom. The highest BCUT2D eigenvalue weighted by Crippen LogP contribution is 2.36. The molecule has 0 aromatic heterocycles. The predicted molar refractivity (Wildman–Crippen MR) is 163 cm³/mol. The van der Waals surface area contributed by atoms with Gasteiger partial charge in [-0.3, -0.25) is 19.3 Å². The molecular formula is C34H42N4O5. The number of piperazine rings is 1. The topological polar surface area (TPSA) is 111 Å². The van der Waals surface area contributed by atoms with Crippen molar-refractivity contribution in [2.24, 2.45) is 5.92 Å². The Kier molecular flexibility index (Phi) is 9.69. The van der Waals surface area contributed by atoms with Crippen molar-refractivity contribution in [3.8, 4) is 23.8 Å². The highest BCUT2D eigenvalue weighted by molar-refractivity contribution is 6.00. The predicted octanol–water partition coefficient (Wildman–Crippen LogP) is 3.46. The van der Waals surface area contributed by atoms with Crippen molar-refractivity contribution in [2.75, 3.05) is 26.7 Å². The average Bonchev–Trinajstić information content (AvgIpc) is 3.04. The Bertz CT molecular complexity index is 1320. The fraction of sp³-hybridized carbons (Fsp3) is 0.500. The molecule has 2 saturated heterocycles. The number of carbonyl (C=O) groups is 3. The van der Waals surface area contributed by atoms with E-state index in [1.165, 1.54) is 0 Å². The summed E-state index contributed by atoms with van der Waals surface area (Å²) < 4.78 is 5.94. The molecular weight excluding hydrogens is 544 g/mol. The summed E-state index contributed by atoms with van der Waals surface area (Å²) in [6.45, 7) is 2.32. The molecule has 2 aliphatic heterocycles. The van der Waals surface area contributed by atoms with E-state index in [4.69, 9.17) is 11.2 Å². The Hall–Kier alpha value is -3.87. The maximum absolute atomic E-state index is 13.8. The van der Waals surface area contributed by atoms with Gasteiger partial charge in [0.1, 0.15) is 23.1 Å². The number of amides is 3. The van der Waals surface area contributed by atoms with Gasteiger partial charge in [0.2, 0.25) is 11.8 Å². The maximum atomic E-state index is 13.8. The van der Waals surface area contributed by atoms with E-state index in [0.29, 0.717) is 62.5 Å². The Labute approximate surface area is 254 Å². The average molecular weight is 587 g/mol. The molecule has 3 aliphatic rings. The smallest absolute Gasteiger partial charge is 0.251 e. The van der Waals surface area contributed by atoms with Crippen molar-refractivity contribution < 1.29 is 24.2 Å². The molecule has 3 fully saturated rings. The van der Waals surface area contributed by atoms with E-state index in [1.54, 1.807) is 36.2 Å². The molecule has 228 valence electrons. The quantitative estimate of drug-likeness (QED) is 0.388. The van der Waals surface area contributed by atoms with Crippen molar-refractivity contribution in [1.29, 1.82) is 0 Å². The first-order valence-electron chi connectivity index (χ1n) is 15.4. The zero-order chi connectivity index (χ0) is 30.4. The summed E-state index contributed by atoms with van der Waals surface area (Å²) in [6, 6.07) is 13.9. The lowest BCUT2D eigenvalue weighted by Gasteiger charge is -2.52. The molecule has 2 aromatic carbocycles. The number of hydrogen-bond acceptors (Lipinski definition) is 6. The van der Waals surface area contributed by atoms with Gasteiger partial charge in [0.05, 0.1) is 6.10 Å². The number of ether oxygens (including phenoxy) is 1. The second-order valence-corrected chi connectivity index (χ2v) is 11.9. The number of likely N-dealkylation sites (tertiary alicyclic amines) is 1. The van der Waals surface area contributed by atoms with Crippen LogP contribution in [0.2, 0.25) is 0 Å². The molecule has 1 aliphatic carbocycles. The summed E-state index contributed by atoms with van der Waals surface area (Å²) in [7, 11) is 1.60. The van der Waals surface area contributed by atoms with Crippen molar-refractivity contribution in [1.82, 2.24) is 20.4 Å². The first-order chi connectivity index (χ1) is 20.8. The van der Waals surface area contributed by atoms with Gasteiger partial charge in [-0.05, 0) is 73.6 Å². The van der Waals surface area contributed by atoms with E-state index in [1.807, 2.05) is 24.3 Å². The zero-order valence-electron chi connectivity index (χ0n) is 24.9. The highest BCUT2D eigenvalue weighted by Gasteiger charge is 2.55. The van der Waals surface area contributed by atoms with Crippen LogP contribution in [0, 0.1) is 18.3 Å². The number of nitrogens with zero attached hydrogens (tertiary/aromatic N) is 2. The molecule has 0 radical (unpaired) electrons. The molecule has 0 bridgehead atoms. The Morgan fingerprint density at radius 3 is 2.30 bits per heavy atom. The summed E-state index contributed by atoms with van der Waals surface area (Å²) >= 11 is 0. The third-order valence-electron chi connectivity index (χ3n) is 9.30. The standard InChI is InChI=1S/C34H42N4O5/c1-3-4-20-38-32(41)29(30(39)25-8-6-5-7-9-25)36-33(42)34(38)18-21-37(22-19-34)23-24-10-14-27(15-11-24)43-28-16-12-26(13-17-28)31(40)35-2/h1,10-17,25,29-30,39H,4-9,18-23H2,2H3,(H,35,40)(H,36,42)/t29-,30-/m1/s1. The molecule has 9 nitrogen and oxygen atoms in total. The number of hydrogen-bond donors (Lipinski definition) is 3. The normalized spacial score (nSPS) is 21.6. The van der Waals surface area contributed by atoms with Crippen molar-refractivity contribution >= 4 is 17.7 Å². The van der Waals surface area contributed by atoms with E-state index in [-0.39, 0.29) is 23.6 Å². The van der Waals surface area contributed by atoms with Crippen LogP contribution in [0.15, 0.2) is 48.5 Å². The number of aliphatic hydroxyl groups excluding tert-OH is 1. The van der Waals surface area contributed by atoms with Gasteiger partial charge in [-0.1, -0.05) is 31.4 Å². The molecule has 3 amide bonds. The van der Waals surface area contributed by atoms with Crippen molar-refractivity contribution in [3.63, 3.8) is 0 Å². The molecule has 2 aromatic rings. The number of nitrogens with one attached hydrogen (secondary N) is 2. The van der Waals surface area contributed by atoms with Crippen molar-refractivity contribution in [3.05, 3.63) is 59.7 Å². The van der Waals surface area contributed by atoms with Gasteiger partial charge < -0.3 is 25.4 Å². The van der Waals surface area contributed by atoms with Gasteiger partial charge in [-0.2, -0.15) is 0 Å². The second kappa shape index (κ2) is 13.6. The van der Waals surface area contributed by atoms with Gasteiger partial charge in [0.15, 0.2) is 0 Å². The van der Waals surface area contributed by atoms with Crippen LogP contribution in [0.5, 0.6) is 11.5 Å². The van der Waals surface area contributed by atoms with Crippen molar-refractivity contribution in [2.45, 2.75) is 75.6 Å². The van der Waals surface area contributed by atoms with Gasteiger partial charge in [0.25, 0.3) is 5.91 Å². The minimum atomic E-state index is -0.946. The van der Waals surface area contributed by atoms with E-state index in [2.05, 4.69) is 21.5 Å². The largest absolute Gasteiger partial charge is 0.457 e. The second-order valence-electron chi connectivity index (χ2n) is 11.9. The summed E-state index contributed by atoms with van der Waals surface area (Å²) in [5.74, 6) is 3.47. The van der Waals surface area contributed by atoms with Gasteiger partial charge >= 0.3 is 0 Å². The molecule has 2 heterocycles. The molecule has 43 heavy (non-hydrogen) atoms. The van der Waals surface area contributed by atoms with Crippen LogP contribution in [0.4, 0.5) is 0 Å². The van der Waals surface area contributed by atoms with E-state index in [0.717, 1.165) is 37.7 Å². The van der Waals surface area contributed by atoms with Crippen LogP contribution in [0.25, 0.3) is 0 Å². The maximum Gasteiger partial charge on any atom is 0.251 e. The third kappa shape index (κ3) is 6.71. The van der Waals surface area contributed by atoms with E-state index < -0.39 is 17.7 Å². The number of carbonyl (C=O) groups excluding carboxylic acids is 3. The number of rotatable bonds is 9. The van der Waals surface area contributed by atoms with Crippen LogP contribution < -0.4 is 15.4 Å². The minimum Gasteiger partial charge on any atom is -0.457 e.